The van der Waals surface area contributed by atoms with Crippen molar-refractivity contribution in [2.24, 2.45) is 0 Å². The highest BCUT2D eigenvalue weighted by Crippen LogP contribution is 2.18. The van der Waals surface area contributed by atoms with Gasteiger partial charge in [0.05, 0.1) is 6.04 Å². The molecular formula is C23H25NO. The van der Waals surface area contributed by atoms with Gasteiger partial charge in [-0.3, -0.25) is 4.79 Å². The molecule has 0 heterocycles. The van der Waals surface area contributed by atoms with E-state index in [1.165, 1.54) is 5.56 Å². The number of aryl methyl sites for hydroxylation is 1. The van der Waals surface area contributed by atoms with Crippen LogP contribution in [0, 0.1) is 0 Å². The Kier molecular flexibility index (Phi) is 5.62. The molecule has 0 aliphatic rings. The molecule has 0 saturated carbocycles. The minimum Gasteiger partial charge on any atom is -0.305 e. The number of hydrogen-bond acceptors (Lipinski definition) is 2. The van der Waals surface area contributed by atoms with E-state index >= 15 is 0 Å². The Labute approximate surface area is 149 Å². The predicted molar refractivity (Wildman–Crippen MR) is 105 cm³/mol. The Morgan fingerprint density at radius 3 is 2.28 bits per heavy atom. The molecule has 2 nitrogen and oxygen atoms in total. The molecule has 3 aromatic rings. The first-order valence-electron chi connectivity index (χ1n) is 8.96. The first-order valence-corrected chi connectivity index (χ1v) is 8.96. The number of fused-ring (bicyclic) bond motifs is 1. The molecule has 1 N–H and O–H groups in total. The first kappa shape index (κ1) is 17.4. The van der Waals surface area contributed by atoms with Crippen LogP contribution in [-0.4, -0.2) is 17.9 Å². The largest absolute Gasteiger partial charge is 0.305 e. The molecule has 3 rings (SSSR count). The molecule has 3 aromatic carbocycles. The Hall–Kier alpha value is -2.45. The van der Waals surface area contributed by atoms with Crippen molar-refractivity contribution in [1.82, 2.24) is 5.32 Å². The molecule has 0 aromatic heterocycles. The Morgan fingerprint density at radius 2 is 1.56 bits per heavy atom. The molecule has 0 aliphatic carbocycles. The lowest BCUT2D eigenvalue weighted by Crippen LogP contribution is -2.41. The van der Waals surface area contributed by atoms with E-state index in [9.17, 15) is 4.79 Å². The smallest absolute Gasteiger partial charge is 0.179 e. The highest BCUT2D eigenvalue weighted by atomic mass is 16.1. The van der Waals surface area contributed by atoms with Crippen molar-refractivity contribution < 1.29 is 4.79 Å². The Bertz CT molecular complexity index is 839. The maximum Gasteiger partial charge on any atom is 0.179 e. The quantitative estimate of drug-likeness (QED) is 0.616. The normalized spacial score (nSPS) is 12.4. The van der Waals surface area contributed by atoms with Crippen molar-refractivity contribution in [3.8, 4) is 0 Å². The molecule has 1 unspecified atom stereocenters. The van der Waals surface area contributed by atoms with Gasteiger partial charge in [0.2, 0.25) is 0 Å². The van der Waals surface area contributed by atoms with Crippen LogP contribution < -0.4 is 5.32 Å². The number of ketones is 1. The number of carbonyl (C=O) groups is 1. The lowest BCUT2D eigenvalue weighted by Gasteiger charge is -2.20. The summed E-state index contributed by atoms with van der Waals surface area (Å²) in [7, 11) is 0. The molecule has 2 heteroatoms. The summed E-state index contributed by atoms with van der Waals surface area (Å²) < 4.78 is 0. The van der Waals surface area contributed by atoms with Crippen LogP contribution in [0.25, 0.3) is 10.8 Å². The van der Waals surface area contributed by atoms with E-state index < -0.39 is 0 Å². The van der Waals surface area contributed by atoms with Crippen LogP contribution in [0.3, 0.4) is 0 Å². The Balaban J connectivity index is 1.79. The van der Waals surface area contributed by atoms with Crippen LogP contribution in [0.2, 0.25) is 0 Å². The third kappa shape index (κ3) is 4.55. The molecule has 0 fully saturated rings. The van der Waals surface area contributed by atoms with Crippen molar-refractivity contribution in [2.45, 2.75) is 38.8 Å². The number of benzene rings is 3. The van der Waals surface area contributed by atoms with Gasteiger partial charge in [-0.15, -0.1) is 0 Å². The standard InChI is InChI=1S/C23H25NO/c1-17(2)24-22(15-12-18-8-4-3-5-9-18)23(25)21-14-13-19-10-6-7-11-20(19)16-21/h3-11,13-14,16-17,22,24H,12,15H2,1-2H3. The van der Waals surface area contributed by atoms with Crippen molar-refractivity contribution in [2.75, 3.05) is 0 Å². The summed E-state index contributed by atoms with van der Waals surface area (Å²) in [6, 6.07) is 24.6. The molecule has 0 spiro atoms. The lowest BCUT2D eigenvalue weighted by atomic mass is 9.95. The number of rotatable bonds is 7. The molecule has 0 radical (unpaired) electrons. The molecule has 0 aliphatic heterocycles. The summed E-state index contributed by atoms with van der Waals surface area (Å²) >= 11 is 0. The third-order valence-corrected chi connectivity index (χ3v) is 4.45. The van der Waals surface area contributed by atoms with Gasteiger partial charge < -0.3 is 5.32 Å². The van der Waals surface area contributed by atoms with Gasteiger partial charge in [-0.2, -0.15) is 0 Å². The van der Waals surface area contributed by atoms with Gasteiger partial charge in [-0.05, 0) is 35.2 Å². The second-order valence-corrected chi connectivity index (χ2v) is 6.82. The van der Waals surface area contributed by atoms with Gasteiger partial charge in [0.1, 0.15) is 0 Å². The number of carbonyl (C=O) groups excluding carboxylic acids is 1. The van der Waals surface area contributed by atoms with Gasteiger partial charge in [-0.25, -0.2) is 0 Å². The zero-order valence-electron chi connectivity index (χ0n) is 14.9. The van der Waals surface area contributed by atoms with Gasteiger partial charge in [0.25, 0.3) is 0 Å². The van der Waals surface area contributed by atoms with Gasteiger partial charge in [0, 0.05) is 11.6 Å². The fourth-order valence-corrected chi connectivity index (χ4v) is 3.19. The van der Waals surface area contributed by atoms with Crippen molar-refractivity contribution >= 4 is 16.6 Å². The minimum absolute atomic E-state index is 0.165. The summed E-state index contributed by atoms with van der Waals surface area (Å²) in [5.74, 6) is 0.176. The summed E-state index contributed by atoms with van der Waals surface area (Å²) in [6.07, 6.45) is 1.69. The third-order valence-electron chi connectivity index (χ3n) is 4.45. The average Bonchev–Trinajstić information content (AvgIpc) is 2.64. The van der Waals surface area contributed by atoms with E-state index in [1.54, 1.807) is 0 Å². The minimum atomic E-state index is -0.165. The van der Waals surface area contributed by atoms with E-state index in [4.69, 9.17) is 0 Å². The number of hydrogen-bond donors (Lipinski definition) is 1. The molecule has 0 saturated heterocycles. The molecule has 0 amide bonds. The van der Waals surface area contributed by atoms with Crippen LogP contribution in [0.1, 0.15) is 36.2 Å². The Morgan fingerprint density at radius 1 is 0.880 bits per heavy atom. The maximum atomic E-state index is 13.1. The molecule has 1 atom stereocenters. The summed E-state index contributed by atoms with van der Waals surface area (Å²) in [5, 5.41) is 5.72. The zero-order chi connectivity index (χ0) is 17.6. The maximum absolute atomic E-state index is 13.1. The van der Waals surface area contributed by atoms with Crippen LogP contribution in [0.15, 0.2) is 72.8 Å². The average molecular weight is 331 g/mol. The van der Waals surface area contributed by atoms with E-state index in [-0.39, 0.29) is 17.9 Å². The van der Waals surface area contributed by atoms with E-state index in [0.29, 0.717) is 0 Å². The van der Waals surface area contributed by atoms with Crippen LogP contribution in [0.5, 0.6) is 0 Å². The monoisotopic (exact) mass is 331 g/mol. The van der Waals surface area contributed by atoms with Crippen LogP contribution >= 0.6 is 0 Å². The van der Waals surface area contributed by atoms with Crippen LogP contribution in [-0.2, 0) is 6.42 Å². The highest BCUT2D eigenvalue weighted by Gasteiger charge is 2.20. The number of nitrogens with one attached hydrogen (secondary N) is 1. The van der Waals surface area contributed by atoms with E-state index in [1.807, 2.05) is 48.5 Å². The molecule has 25 heavy (non-hydrogen) atoms. The summed E-state index contributed by atoms with van der Waals surface area (Å²) in [4.78, 5) is 13.1. The second-order valence-electron chi connectivity index (χ2n) is 6.82. The van der Waals surface area contributed by atoms with Crippen LogP contribution in [0.4, 0.5) is 0 Å². The fraction of sp³-hybridized carbons (Fsp3) is 0.261. The first-order chi connectivity index (χ1) is 12.1. The molecular weight excluding hydrogens is 306 g/mol. The second kappa shape index (κ2) is 8.09. The number of Topliss-reactive ketones (excluding diaryl/α,β-unsaturated/α-hetero) is 1. The predicted octanol–water partition coefficient (Wildman–Crippen LogP) is 5.02. The highest BCUT2D eigenvalue weighted by molar-refractivity contribution is 6.03. The van der Waals surface area contributed by atoms with Crippen molar-refractivity contribution in [1.29, 1.82) is 0 Å². The molecule has 128 valence electrons. The van der Waals surface area contributed by atoms with Gasteiger partial charge in [0.15, 0.2) is 5.78 Å². The van der Waals surface area contributed by atoms with Crippen molar-refractivity contribution in [3.63, 3.8) is 0 Å². The SMILES string of the molecule is CC(C)NC(CCc1ccccc1)C(=O)c1ccc2ccccc2c1. The van der Waals surface area contributed by atoms with Gasteiger partial charge >= 0.3 is 0 Å². The summed E-state index contributed by atoms with van der Waals surface area (Å²) in [6.45, 7) is 4.17. The van der Waals surface area contributed by atoms with Crippen molar-refractivity contribution in [3.05, 3.63) is 83.9 Å². The summed E-state index contributed by atoms with van der Waals surface area (Å²) in [5.41, 5.74) is 2.05. The van der Waals surface area contributed by atoms with E-state index in [2.05, 4.69) is 43.4 Å². The van der Waals surface area contributed by atoms with Gasteiger partial charge in [-0.1, -0.05) is 80.6 Å². The van der Waals surface area contributed by atoms with E-state index in [0.717, 1.165) is 29.2 Å². The topological polar surface area (TPSA) is 29.1 Å². The lowest BCUT2D eigenvalue weighted by molar-refractivity contribution is 0.0933. The zero-order valence-corrected chi connectivity index (χ0v) is 14.9. The fourth-order valence-electron chi connectivity index (χ4n) is 3.19. The molecule has 0 bridgehead atoms.